The van der Waals surface area contributed by atoms with Crippen LogP contribution >= 0.6 is 22.7 Å². The van der Waals surface area contributed by atoms with Crippen LogP contribution < -0.4 is 0 Å². The van der Waals surface area contributed by atoms with Gasteiger partial charge in [0.25, 0.3) is 0 Å². The lowest BCUT2D eigenvalue weighted by Crippen LogP contribution is -2.30. The van der Waals surface area contributed by atoms with Crippen LogP contribution in [0.25, 0.3) is 107 Å². The summed E-state index contributed by atoms with van der Waals surface area (Å²) in [6.07, 6.45) is 0. The van der Waals surface area contributed by atoms with E-state index < -0.39 is 5.41 Å². The third-order valence-corrected chi connectivity index (χ3v) is 16.6. The largest absolute Gasteiger partial charge is 0.251 e. The zero-order valence-electron chi connectivity index (χ0n) is 37.4. The lowest BCUT2D eigenvalue weighted by molar-refractivity contribution is 0.736. The third-order valence-electron chi connectivity index (χ3n) is 14.3. The van der Waals surface area contributed by atoms with Gasteiger partial charge in [0.2, 0.25) is 0 Å². The standard InChI is InChI=1S/C66H41NS2/c1-4-15-42(16-5-1)50-40-60(43-17-6-2-7-18-43)67-65(41-50)66(51-21-8-3-9-22-51)58-31-27-46(44-19-14-20-45(35-44)48-29-33-63-56(38-48)52-23-10-12-25-61(52)68-63)36-54(58)55-37-47(28-32-59(55)66)49-30-34-64-57(39-49)53-24-11-13-26-62(53)69-64/h1-41H. The summed E-state index contributed by atoms with van der Waals surface area (Å²) in [5.41, 5.74) is 17.9. The fraction of sp³-hybridized carbons (Fsp3) is 0.0152. The maximum atomic E-state index is 5.76. The molecule has 3 heterocycles. The molecule has 1 aliphatic rings. The number of fused-ring (bicyclic) bond motifs is 9. The van der Waals surface area contributed by atoms with E-state index in [4.69, 9.17) is 4.98 Å². The summed E-state index contributed by atoms with van der Waals surface area (Å²) < 4.78 is 5.27. The first-order chi connectivity index (χ1) is 34.2. The highest BCUT2D eigenvalue weighted by Crippen LogP contribution is 2.58. The Morgan fingerprint density at radius 3 is 1.28 bits per heavy atom. The van der Waals surface area contributed by atoms with Crippen LogP contribution in [-0.4, -0.2) is 4.98 Å². The molecule has 0 N–H and O–H groups in total. The highest BCUT2D eigenvalue weighted by molar-refractivity contribution is 7.26. The number of rotatable bonds is 7. The minimum Gasteiger partial charge on any atom is -0.251 e. The van der Waals surface area contributed by atoms with E-state index in [9.17, 15) is 0 Å². The second-order valence-corrected chi connectivity index (χ2v) is 20.4. The van der Waals surface area contributed by atoms with E-state index in [0.29, 0.717) is 0 Å². The van der Waals surface area contributed by atoms with E-state index in [-0.39, 0.29) is 0 Å². The molecule has 69 heavy (non-hydrogen) atoms. The van der Waals surface area contributed by atoms with Crippen LogP contribution in [-0.2, 0) is 5.41 Å². The number of aromatic nitrogens is 1. The van der Waals surface area contributed by atoms with Gasteiger partial charge in [0.15, 0.2) is 0 Å². The van der Waals surface area contributed by atoms with Gasteiger partial charge in [0, 0.05) is 45.9 Å². The van der Waals surface area contributed by atoms with Crippen molar-refractivity contribution >= 4 is 63.0 Å². The third kappa shape index (κ3) is 6.46. The van der Waals surface area contributed by atoms with Crippen LogP contribution in [0.1, 0.15) is 22.4 Å². The van der Waals surface area contributed by atoms with Gasteiger partial charge in [-0.15, -0.1) is 22.7 Å². The molecule has 1 atom stereocenters. The normalized spacial score (nSPS) is 14.1. The molecular formula is C66H41NS2. The van der Waals surface area contributed by atoms with Gasteiger partial charge in [-0.05, 0) is 139 Å². The average molecular weight is 912 g/mol. The quantitative estimate of drug-likeness (QED) is 0.155. The van der Waals surface area contributed by atoms with E-state index in [1.165, 1.54) is 102 Å². The Hall–Kier alpha value is -8.21. The number of hydrogen-bond donors (Lipinski definition) is 0. The van der Waals surface area contributed by atoms with Gasteiger partial charge in [-0.1, -0.05) is 182 Å². The lowest BCUT2D eigenvalue weighted by Gasteiger charge is -2.33. The molecule has 322 valence electrons. The molecule has 0 radical (unpaired) electrons. The molecule has 1 nitrogen and oxygen atoms in total. The minimum absolute atomic E-state index is 0.731. The molecule has 3 aromatic heterocycles. The maximum Gasteiger partial charge on any atom is 0.0886 e. The summed E-state index contributed by atoms with van der Waals surface area (Å²) in [6.45, 7) is 0. The van der Waals surface area contributed by atoms with Crippen molar-refractivity contribution in [3.8, 4) is 66.9 Å². The fourth-order valence-corrected chi connectivity index (χ4v) is 13.3. The SMILES string of the molecule is c1ccc(-c2cc(-c3ccccc3)nc(C3(c4ccccc4)c4ccc(-c5cccc(-c6ccc7sc8ccccc8c7c6)c5)cc4-c4cc(-c5ccc6sc7ccccc7c6c5)ccc43)c2)cc1. The molecule has 10 aromatic carbocycles. The molecule has 0 amide bonds. The van der Waals surface area contributed by atoms with Gasteiger partial charge in [-0.2, -0.15) is 0 Å². The van der Waals surface area contributed by atoms with Gasteiger partial charge >= 0.3 is 0 Å². The summed E-state index contributed by atoms with van der Waals surface area (Å²) in [6, 6.07) is 92.0. The van der Waals surface area contributed by atoms with Crippen LogP contribution in [0.5, 0.6) is 0 Å². The topological polar surface area (TPSA) is 12.9 Å². The van der Waals surface area contributed by atoms with Crippen LogP contribution in [0.3, 0.4) is 0 Å². The Morgan fingerprint density at radius 2 is 0.710 bits per heavy atom. The summed E-state index contributed by atoms with van der Waals surface area (Å²) in [5.74, 6) is 0. The first-order valence-electron chi connectivity index (χ1n) is 23.6. The van der Waals surface area contributed by atoms with Crippen LogP contribution in [0.15, 0.2) is 249 Å². The van der Waals surface area contributed by atoms with Crippen molar-refractivity contribution in [2.45, 2.75) is 5.41 Å². The summed E-state index contributed by atoms with van der Waals surface area (Å²) in [5, 5.41) is 5.24. The van der Waals surface area contributed by atoms with E-state index in [1.807, 2.05) is 22.7 Å². The van der Waals surface area contributed by atoms with E-state index in [2.05, 4.69) is 249 Å². The molecule has 0 bridgehead atoms. The highest BCUT2D eigenvalue weighted by atomic mass is 32.1. The number of pyridine rings is 1. The number of benzene rings is 10. The zero-order valence-corrected chi connectivity index (χ0v) is 39.1. The number of hydrogen-bond acceptors (Lipinski definition) is 3. The molecular weight excluding hydrogens is 871 g/mol. The maximum absolute atomic E-state index is 5.76. The Kier molecular flexibility index (Phi) is 9.23. The summed E-state index contributed by atoms with van der Waals surface area (Å²) in [7, 11) is 0. The van der Waals surface area contributed by atoms with E-state index in [1.54, 1.807) is 0 Å². The van der Waals surface area contributed by atoms with Gasteiger partial charge in [-0.25, -0.2) is 0 Å². The molecule has 0 saturated carbocycles. The molecule has 0 fully saturated rings. The smallest absolute Gasteiger partial charge is 0.0886 e. The first kappa shape index (κ1) is 39.9. The molecule has 0 spiro atoms. The molecule has 0 saturated heterocycles. The van der Waals surface area contributed by atoms with Crippen LogP contribution in [0.2, 0.25) is 0 Å². The van der Waals surface area contributed by atoms with E-state index >= 15 is 0 Å². The van der Waals surface area contributed by atoms with Gasteiger partial charge < -0.3 is 0 Å². The Morgan fingerprint density at radius 1 is 0.275 bits per heavy atom. The predicted molar refractivity (Wildman–Crippen MR) is 294 cm³/mol. The molecule has 1 aliphatic carbocycles. The second kappa shape index (κ2) is 16.0. The molecule has 0 aliphatic heterocycles. The lowest BCUT2D eigenvalue weighted by atomic mass is 9.69. The molecule has 1 unspecified atom stereocenters. The number of nitrogens with zero attached hydrogens (tertiary/aromatic N) is 1. The Balaban J connectivity index is 1.01. The van der Waals surface area contributed by atoms with Crippen LogP contribution in [0, 0.1) is 0 Å². The van der Waals surface area contributed by atoms with Crippen LogP contribution in [0.4, 0.5) is 0 Å². The van der Waals surface area contributed by atoms with Crippen molar-refractivity contribution in [2.75, 3.05) is 0 Å². The molecule has 14 rings (SSSR count). The van der Waals surface area contributed by atoms with Gasteiger partial charge in [0.05, 0.1) is 16.8 Å². The molecule has 3 heteroatoms. The highest BCUT2D eigenvalue weighted by Gasteiger charge is 2.48. The fourth-order valence-electron chi connectivity index (χ4n) is 11.1. The van der Waals surface area contributed by atoms with E-state index in [0.717, 1.165) is 28.1 Å². The predicted octanol–water partition coefficient (Wildman–Crippen LogP) is 18.5. The minimum atomic E-state index is -0.731. The average Bonchev–Trinajstić information content (AvgIpc) is 4.09. The Bertz CT molecular complexity index is 4070. The van der Waals surface area contributed by atoms with Crippen molar-refractivity contribution in [1.82, 2.24) is 4.98 Å². The van der Waals surface area contributed by atoms with Crippen molar-refractivity contribution < 1.29 is 0 Å². The molecule has 13 aromatic rings. The van der Waals surface area contributed by atoms with Gasteiger partial charge in [0.1, 0.15) is 0 Å². The van der Waals surface area contributed by atoms with Crippen molar-refractivity contribution in [2.24, 2.45) is 0 Å². The number of thiophene rings is 2. The summed E-state index contributed by atoms with van der Waals surface area (Å²) in [4.78, 5) is 5.76. The van der Waals surface area contributed by atoms with Gasteiger partial charge in [-0.3, -0.25) is 4.98 Å². The summed E-state index contributed by atoms with van der Waals surface area (Å²) >= 11 is 3.73. The van der Waals surface area contributed by atoms with Crippen molar-refractivity contribution in [3.05, 3.63) is 271 Å². The van der Waals surface area contributed by atoms with Crippen molar-refractivity contribution in [3.63, 3.8) is 0 Å². The zero-order chi connectivity index (χ0) is 45.5. The first-order valence-corrected chi connectivity index (χ1v) is 25.2. The van der Waals surface area contributed by atoms with Crippen molar-refractivity contribution in [1.29, 1.82) is 0 Å². The monoisotopic (exact) mass is 911 g/mol. The second-order valence-electron chi connectivity index (χ2n) is 18.2. The Labute approximate surface area is 408 Å².